The molecule has 2 heterocycles. The zero-order valence-electron chi connectivity index (χ0n) is 9.06. The van der Waals surface area contributed by atoms with Gasteiger partial charge in [-0.15, -0.1) is 0 Å². The predicted octanol–water partition coefficient (Wildman–Crippen LogP) is 3.39. The summed E-state index contributed by atoms with van der Waals surface area (Å²) in [5.41, 5.74) is 2.34. The number of aliphatic hydroxyl groups excluding tert-OH is 1. The molecule has 2 rings (SSSR count). The lowest BCUT2D eigenvalue weighted by atomic mass is 10.0. The standard InChI is InChI=1S/C12H10Br2N2O/c1-7-2-3-15-6-9(7)12(17)11-10(14)4-8(13)5-16-11/h2-6,12,17H,1H3. The van der Waals surface area contributed by atoms with Crippen LogP contribution in [0, 0.1) is 6.92 Å². The Morgan fingerprint density at radius 3 is 2.71 bits per heavy atom. The van der Waals surface area contributed by atoms with Gasteiger partial charge in [0.1, 0.15) is 6.10 Å². The summed E-state index contributed by atoms with van der Waals surface area (Å²) in [6.45, 7) is 1.94. The zero-order chi connectivity index (χ0) is 12.4. The van der Waals surface area contributed by atoms with E-state index in [0.29, 0.717) is 5.69 Å². The molecule has 3 nitrogen and oxygen atoms in total. The van der Waals surface area contributed by atoms with Crippen molar-refractivity contribution in [3.63, 3.8) is 0 Å². The van der Waals surface area contributed by atoms with Gasteiger partial charge in [0, 0.05) is 33.1 Å². The minimum Gasteiger partial charge on any atom is -0.382 e. The van der Waals surface area contributed by atoms with Crippen LogP contribution in [0.15, 0.2) is 39.7 Å². The van der Waals surface area contributed by atoms with Crippen LogP contribution in [-0.4, -0.2) is 15.1 Å². The van der Waals surface area contributed by atoms with Crippen molar-refractivity contribution < 1.29 is 5.11 Å². The fraction of sp³-hybridized carbons (Fsp3) is 0.167. The summed E-state index contributed by atoms with van der Waals surface area (Å²) in [6.07, 6.45) is 4.26. The highest BCUT2D eigenvalue weighted by atomic mass is 79.9. The Morgan fingerprint density at radius 2 is 2.06 bits per heavy atom. The summed E-state index contributed by atoms with van der Waals surface area (Å²) >= 11 is 6.73. The lowest BCUT2D eigenvalue weighted by Gasteiger charge is -2.14. The van der Waals surface area contributed by atoms with E-state index >= 15 is 0 Å². The van der Waals surface area contributed by atoms with E-state index in [-0.39, 0.29) is 0 Å². The Balaban J connectivity index is 2.44. The first-order valence-corrected chi connectivity index (χ1v) is 6.57. The van der Waals surface area contributed by atoms with Crippen molar-refractivity contribution in [3.05, 3.63) is 56.5 Å². The third-order valence-electron chi connectivity index (χ3n) is 2.47. The minimum atomic E-state index is -0.772. The number of hydrogen-bond acceptors (Lipinski definition) is 3. The second kappa shape index (κ2) is 5.25. The largest absolute Gasteiger partial charge is 0.382 e. The van der Waals surface area contributed by atoms with Crippen LogP contribution >= 0.6 is 31.9 Å². The molecule has 1 atom stereocenters. The van der Waals surface area contributed by atoms with Crippen LogP contribution in [0.5, 0.6) is 0 Å². The van der Waals surface area contributed by atoms with E-state index in [9.17, 15) is 5.11 Å². The van der Waals surface area contributed by atoms with E-state index in [2.05, 4.69) is 41.8 Å². The van der Waals surface area contributed by atoms with Crippen molar-refractivity contribution in [1.29, 1.82) is 0 Å². The summed E-state index contributed by atoms with van der Waals surface area (Å²) in [5.74, 6) is 0. The van der Waals surface area contributed by atoms with Gasteiger partial charge in [-0.05, 0) is 56.5 Å². The molecule has 0 aliphatic rings. The average molecular weight is 358 g/mol. The molecule has 0 saturated heterocycles. The number of aliphatic hydroxyl groups is 1. The Labute approximate surface area is 116 Å². The minimum absolute atomic E-state index is 0.587. The molecule has 0 spiro atoms. The SMILES string of the molecule is Cc1ccncc1C(O)c1ncc(Br)cc1Br. The fourth-order valence-corrected chi connectivity index (χ4v) is 2.74. The smallest absolute Gasteiger partial charge is 0.124 e. The zero-order valence-corrected chi connectivity index (χ0v) is 12.2. The van der Waals surface area contributed by atoms with Gasteiger partial charge < -0.3 is 5.11 Å². The second-order valence-electron chi connectivity index (χ2n) is 3.66. The van der Waals surface area contributed by atoms with Crippen molar-refractivity contribution in [2.45, 2.75) is 13.0 Å². The van der Waals surface area contributed by atoms with Crippen LogP contribution < -0.4 is 0 Å². The third-order valence-corrected chi connectivity index (χ3v) is 3.54. The number of aryl methyl sites for hydroxylation is 1. The number of halogens is 2. The second-order valence-corrected chi connectivity index (χ2v) is 5.43. The molecule has 1 unspecified atom stereocenters. The number of hydrogen-bond donors (Lipinski definition) is 1. The normalized spacial score (nSPS) is 12.5. The molecule has 2 aromatic rings. The first-order chi connectivity index (χ1) is 8.09. The lowest BCUT2D eigenvalue weighted by molar-refractivity contribution is 0.213. The molecule has 0 fully saturated rings. The number of rotatable bonds is 2. The highest BCUT2D eigenvalue weighted by Crippen LogP contribution is 2.29. The quantitative estimate of drug-likeness (QED) is 0.895. The molecule has 5 heteroatoms. The molecule has 1 N–H and O–H groups in total. The van der Waals surface area contributed by atoms with Gasteiger partial charge in [0.2, 0.25) is 0 Å². The van der Waals surface area contributed by atoms with Crippen molar-refractivity contribution in [2.75, 3.05) is 0 Å². The predicted molar refractivity (Wildman–Crippen MR) is 72.7 cm³/mol. The topological polar surface area (TPSA) is 46.0 Å². The molecule has 0 amide bonds. The average Bonchev–Trinajstić information content (AvgIpc) is 2.29. The van der Waals surface area contributed by atoms with Crippen molar-refractivity contribution in [1.82, 2.24) is 9.97 Å². The summed E-state index contributed by atoms with van der Waals surface area (Å²) in [7, 11) is 0. The van der Waals surface area contributed by atoms with Crippen molar-refractivity contribution in [3.8, 4) is 0 Å². The van der Waals surface area contributed by atoms with Crippen LogP contribution in [0.3, 0.4) is 0 Å². The monoisotopic (exact) mass is 356 g/mol. The van der Waals surface area contributed by atoms with Gasteiger partial charge in [0.05, 0.1) is 5.69 Å². The molecular weight excluding hydrogens is 348 g/mol. The first-order valence-electron chi connectivity index (χ1n) is 4.99. The Hall–Kier alpha value is -0.780. The van der Waals surface area contributed by atoms with Crippen LogP contribution in [0.2, 0.25) is 0 Å². The molecule has 0 aliphatic carbocycles. The van der Waals surface area contributed by atoms with Gasteiger partial charge in [-0.3, -0.25) is 9.97 Å². The molecular formula is C12H10Br2N2O. The molecule has 0 aliphatic heterocycles. The van der Waals surface area contributed by atoms with Gasteiger partial charge in [0.15, 0.2) is 0 Å². The summed E-state index contributed by atoms with van der Waals surface area (Å²) in [5, 5.41) is 10.3. The highest BCUT2D eigenvalue weighted by molar-refractivity contribution is 9.11. The molecule has 0 radical (unpaired) electrons. The number of pyridine rings is 2. The van der Waals surface area contributed by atoms with Gasteiger partial charge in [-0.25, -0.2) is 0 Å². The number of aromatic nitrogens is 2. The lowest BCUT2D eigenvalue weighted by Crippen LogP contribution is -2.05. The van der Waals surface area contributed by atoms with E-state index < -0.39 is 6.10 Å². The van der Waals surface area contributed by atoms with Crippen LogP contribution in [0.4, 0.5) is 0 Å². The molecule has 88 valence electrons. The first kappa shape index (κ1) is 12.7. The van der Waals surface area contributed by atoms with E-state index in [1.807, 2.05) is 19.1 Å². The maximum atomic E-state index is 10.3. The van der Waals surface area contributed by atoms with E-state index in [1.165, 1.54) is 0 Å². The molecule has 0 saturated carbocycles. The Bertz CT molecular complexity index is 546. The fourth-order valence-electron chi connectivity index (χ4n) is 1.54. The highest BCUT2D eigenvalue weighted by Gasteiger charge is 2.17. The number of nitrogens with zero attached hydrogens (tertiary/aromatic N) is 2. The molecule has 17 heavy (non-hydrogen) atoms. The summed E-state index contributed by atoms with van der Waals surface area (Å²) in [4.78, 5) is 8.25. The van der Waals surface area contributed by atoms with E-state index in [1.54, 1.807) is 18.6 Å². The van der Waals surface area contributed by atoms with Crippen LogP contribution in [0.1, 0.15) is 22.9 Å². The maximum absolute atomic E-state index is 10.3. The van der Waals surface area contributed by atoms with Gasteiger partial charge in [-0.1, -0.05) is 0 Å². The summed E-state index contributed by atoms with van der Waals surface area (Å²) in [6, 6.07) is 3.72. The third kappa shape index (κ3) is 2.73. The summed E-state index contributed by atoms with van der Waals surface area (Å²) < 4.78 is 1.63. The van der Waals surface area contributed by atoms with E-state index in [0.717, 1.165) is 20.1 Å². The Morgan fingerprint density at radius 1 is 1.29 bits per heavy atom. The van der Waals surface area contributed by atoms with Crippen molar-refractivity contribution >= 4 is 31.9 Å². The van der Waals surface area contributed by atoms with Gasteiger partial charge in [0.25, 0.3) is 0 Å². The van der Waals surface area contributed by atoms with Gasteiger partial charge in [-0.2, -0.15) is 0 Å². The molecule has 0 bridgehead atoms. The van der Waals surface area contributed by atoms with Crippen LogP contribution in [-0.2, 0) is 0 Å². The van der Waals surface area contributed by atoms with Crippen LogP contribution in [0.25, 0.3) is 0 Å². The maximum Gasteiger partial charge on any atom is 0.124 e. The Kier molecular flexibility index (Phi) is 3.91. The van der Waals surface area contributed by atoms with Gasteiger partial charge >= 0.3 is 0 Å². The van der Waals surface area contributed by atoms with E-state index in [4.69, 9.17) is 0 Å². The molecule has 0 aromatic carbocycles. The van der Waals surface area contributed by atoms with Crippen molar-refractivity contribution in [2.24, 2.45) is 0 Å². The molecule has 2 aromatic heterocycles.